The average molecular weight is 305 g/mol. The van der Waals surface area contributed by atoms with Crippen molar-refractivity contribution in [1.82, 2.24) is 9.55 Å². The number of halogens is 3. The van der Waals surface area contributed by atoms with Crippen LogP contribution in [0, 0.1) is 17.5 Å². The van der Waals surface area contributed by atoms with Crippen LogP contribution in [0.25, 0.3) is 11.0 Å². The first-order valence-corrected chi connectivity index (χ1v) is 6.33. The summed E-state index contributed by atoms with van der Waals surface area (Å²) in [6, 6.07) is 6.54. The van der Waals surface area contributed by atoms with Gasteiger partial charge in [0.2, 0.25) is 0 Å². The highest BCUT2D eigenvalue weighted by Gasteiger charge is 2.19. The molecule has 22 heavy (non-hydrogen) atoms. The molecule has 3 aromatic rings. The number of nitrogens with zero attached hydrogens (tertiary/aromatic N) is 2. The van der Waals surface area contributed by atoms with Gasteiger partial charge in [-0.3, -0.25) is 4.79 Å². The Labute approximate surface area is 123 Å². The second-order valence-corrected chi connectivity index (χ2v) is 4.74. The van der Waals surface area contributed by atoms with Gasteiger partial charge in [0, 0.05) is 12.7 Å². The van der Waals surface area contributed by atoms with E-state index < -0.39 is 28.9 Å². The van der Waals surface area contributed by atoms with Gasteiger partial charge in [0.25, 0.3) is 5.91 Å². The predicted octanol–water partition coefficient (Wildman–Crippen LogP) is 3.24. The molecule has 0 unspecified atom stereocenters. The molecule has 0 aliphatic carbocycles. The topological polar surface area (TPSA) is 46.9 Å². The molecule has 0 bridgehead atoms. The third kappa shape index (κ3) is 2.30. The van der Waals surface area contributed by atoms with E-state index in [1.807, 2.05) is 7.05 Å². The number of imidazole rings is 1. The molecule has 0 spiro atoms. The zero-order chi connectivity index (χ0) is 15.9. The van der Waals surface area contributed by atoms with Gasteiger partial charge >= 0.3 is 0 Å². The van der Waals surface area contributed by atoms with Crippen molar-refractivity contribution in [2.45, 2.75) is 0 Å². The quantitative estimate of drug-likeness (QED) is 0.739. The van der Waals surface area contributed by atoms with E-state index in [0.717, 1.165) is 11.6 Å². The van der Waals surface area contributed by atoms with Crippen molar-refractivity contribution in [3.05, 3.63) is 59.7 Å². The molecule has 0 aliphatic rings. The summed E-state index contributed by atoms with van der Waals surface area (Å²) in [4.78, 5) is 16.1. The van der Waals surface area contributed by atoms with E-state index in [-0.39, 0.29) is 0 Å². The highest BCUT2D eigenvalue weighted by molar-refractivity contribution is 6.05. The van der Waals surface area contributed by atoms with Gasteiger partial charge in [-0.15, -0.1) is 0 Å². The number of aromatic nitrogens is 2. The Morgan fingerprint density at radius 1 is 1.14 bits per heavy atom. The minimum atomic E-state index is -1.67. The number of fused-ring (bicyclic) bond motifs is 1. The van der Waals surface area contributed by atoms with Crippen molar-refractivity contribution in [3.63, 3.8) is 0 Å². The molecule has 0 aliphatic heterocycles. The molecule has 1 N–H and O–H groups in total. The van der Waals surface area contributed by atoms with Crippen LogP contribution in [0.15, 0.2) is 36.7 Å². The van der Waals surface area contributed by atoms with E-state index in [4.69, 9.17) is 0 Å². The Hall–Kier alpha value is -2.83. The van der Waals surface area contributed by atoms with E-state index >= 15 is 0 Å². The van der Waals surface area contributed by atoms with Gasteiger partial charge in [-0.05, 0) is 30.3 Å². The zero-order valence-corrected chi connectivity index (χ0v) is 11.4. The van der Waals surface area contributed by atoms with Crippen LogP contribution >= 0.6 is 0 Å². The Balaban J connectivity index is 1.91. The number of aryl methyl sites for hydroxylation is 1. The van der Waals surface area contributed by atoms with Crippen LogP contribution in [0.4, 0.5) is 18.9 Å². The molecule has 7 heteroatoms. The van der Waals surface area contributed by atoms with Gasteiger partial charge < -0.3 is 9.88 Å². The maximum atomic E-state index is 13.6. The Morgan fingerprint density at radius 3 is 2.68 bits per heavy atom. The van der Waals surface area contributed by atoms with Crippen molar-refractivity contribution in [3.8, 4) is 0 Å². The number of carbonyl (C=O) groups excluding carboxylic acids is 1. The van der Waals surface area contributed by atoms with Crippen LogP contribution < -0.4 is 5.32 Å². The van der Waals surface area contributed by atoms with Gasteiger partial charge in [0.05, 0.1) is 22.9 Å². The molecular formula is C15H10F3N3O. The first-order chi connectivity index (χ1) is 10.5. The summed E-state index contributed by atoms with van der Waals surface area (Å²) < 4.78 is 41.4. The van der Waals surface area contributed by atoms with Crippen LogP contribution in [0.2, 0.25) is 0 Å². The largest absolute Gasteiger partial charge is 0.334 e. The summed E-state index contributed by atoms with van der Waals surface area (Å²) in [5, 5.41) is 2.43. The lowest BCUT2D eigenvalue weighted by Crippen LogP contribution is -2.15. The number of hydrogen-bond acceptors (Lipinski definition) is 2. The maximum Gasteiger partial charge on any atom is 0.258 e. The van der Waals surface area contributed by atoms with Gasteiger partial charge in [-0.1, -0.05) is 0 Å². The molecular weight excluding hydrogens is 295 g/mol. The summed E-state index contributed by atoms with van der Waals surface area (Å²) in [6.45, 7) is 0. The lowest BCUT2D eigenvalue weighted by atomic mass is 10.1. The summed E-state index contributed by atoms with van der Waals surface area (Å²) >= 11 is 0. The molecule has 4 nitrogen and oxygen atoms in total. The number of amides is 1. The first-order valence-electron chi connectivity index (χ1n) is 6.33. The fourth-order valence-corrected chi connectivity index (χ4v) is 2.11. The Morgan fingerprint density at radius 2 is 1.91 bits per heavy atom. The monoisotopic (exact) mass is 305 g/mol. The molecule has 1 aromatic heterocycles. The molecule has 2 aromatic carbocycles. The minimum absolute atomic E-state index is 0.375. The molecule has 0 fully saturated rings. The number of anilines is 1. The number of hydrogen-bond donors (Lipinski definition) is 1. The lowest BCUT2D eigenvalue weighted by Gasteiger charge is -2.07. The molecule has 1 heterocycles. The Bertz CT molecular complexity index is 889. The van der Waals surface area contributed by atoms with Crippen molar-refractivity contribution >= 4 is 22.6 Å². The van der Waals surface area contributed by atoms with Gasteiger partial charge in [-0.2, -0.15) is 0 Å². The van der Waals surface area contributed by atoms with Crippen LogP contribution in [-0.4, -0.2) is 15.5 Å². The van der Waals surface area contributed by atoms with E-state index in [1.54, 1.807) is 29.1 Å². The maximum absolute atomic E-state index is 13.6. The van der Waals surface area contributed by atoms with E-state index in [9.17, 15) is 18.0 Å². The third-order valence-corrected chi connectivity index (χ3v) is 3.26. The molecule has 0 saturated heterocycles. The number of nitrogens with one attached hydrogen (secondary N) is 1. The van der Waals surface area contributed by atoms with Gasteiger partial charge in [0.15, 0.2) is 17.5 Å². The zero-order valence-electron chi connectivity index (χ0n) is 11.4. The number of benzene rings is 2. The second-order valence-electron chi connectivity index (χ2n) is 4.74. The van der Waals surface area contributed by atoms with Crippen LogP contribution in [0.3, 0.4) is 0 Å². The standard InChI is InChI=1S/C15H10F3N3O/c1-21-7-19-11-6-8(2-5-12(11)21)20-15(22)9-3-4-10(16)14(18)13(9)17/h2-7H,1H3,(H,20,22). The number of rotatable bonds is 2. The highest BCUT2D eigenvalue weighted by atomic mass is 19.2. The van der Waals surface area contributed by atoms with Crippen molar-refractivity contribution in [2.24, 2.45) is 7.05 Å². The van der Waals surface area contributed by atoms with Gasteiger partial charge in [0.1, 0.15) is 0 Å². The predicted molar refractivity (Wildman–Crippen MR) is 75.0 cm³/mol. The van der Waals surface area contributed by atoms with Crippen LogP contribution in [0.1, 0.15) is 10.4 Å². The fraction of sp³-hybridized carbons (Fsp3) is 0.0667. The Kier molecular flexibility index (Phi) is 3.32. The summed E-state index contributed by atoms with van der Waals surface area (Å²) in [6.07, 6.45) is 1.62. The third-order valence-electron chi connectivity index (χ3n) is 3.26. The molecule has 0 atom stereocenters. The lowest BCUT2D eigenvalue weighted by molar-refractivity contribution is 0.102. The fourth-order valence-electron chi connectivity index (χ4n) is 2.11. The van der Waals surface area contributed by atoms with Crippen LogP contribution in [-0.2, 0) is 7.05 Å². The SMILES string of the molecule is Cn1cnc2cc(NC(=O)c3ccc(F)c(F)c3F)ccc21. The van der Waals surface area contributed by atoms with E-state index in [1.165, 1.54) is 0 Å². The first kappa shape index (κ1) is 14.1. The van der Waals surface area contributed by atoms with E-state index in [0.29, 0.717) is 17.3 Å². The molecule has 3 rings (SSSR count). The molecule has 0 radical (unpaired) electrons. The molecule has 112 valence electrons. The smallest absolute Gasteiger partial charge is 0.258 e. The van der Waals surface area contributed by atoms with Crippen molar-refractivity contribution in [2.75, 3.05) is 5.32 Å². The highest BCUT2D eigenvalue weighted by Crippen LogP contribution is 2.20. The summed E-state index contributed by atoms with van der Waals surface area (Å²) in [5.41, 5.74) is 1.31. The normalized spacial score (nSPS) is 10.9. The summed E-state index contributed by atoms with van der Waals surface area (Å²) in [7, 11) is 1.82. The summed E-state index contributed by atoms with van der Waals surface area (Å²) in [5.74, 6) is -5.40. The minimum Gasteiger partial charge on any atom is -0.334 e. The van der Waals surface area contributed by atoms with Gasteiger partial charge in [-0.25, -0.2) is 18.2 Å². The molecule has 0 saturated carbocycles. The number of carbonyl (C=O) groups is 1. The average Bonchev–Trinajstić information content (AvgIpc) is 2.86. The second kappa shape index (κ2) is 5.18. The van der Waals surface area contributed by atoms with Crippen LogP contribution in [0.5, 0.6) is 0 Å². The van der Waals surface area contributed by atoms with Crippen molar-refractivity contribution in [1.29, 1.82) is 0 Å². The van der Waals surface area contributed by atoms with Crippen molar-refractivity contribution < 1.29 is 18.0 Å². The van der Waals surface area contributed by atoms with E-state index in [2.05, 4.69) is 10.3 Å². The molecule has 1 amide bonds.